The van der Waals surface area contributed by atoms with Gasteiger partial charge in [0.15, 0.2) is 0 Å². The van der Waals surface area contributed by atoms with Crippen molar-refractivity contribution >= 4 is 29.0 Å². The Morgan fingerprint density at radius 1 is 0.846 bits per heavy atom. The smallest absolute Gasteiger partial charge is 0.268 e. The molecule has 0 bridgehead atoms. The Kier molecular flexibility index (Phi) is 4.69. The van der Waals surface area contributed by atoms with Crippen molar-refractivity contribution in [2.75, 3.05) is 5.73 Å². The summed E-state index contributed by atoms with van der Waals surface area (Å²) in [5, 5.41) is 19.7. The van der Waals surface area contributed by atoms with Crippen molar-refractivity contribution in [1.82, 2.24) is 4.98 Å². The van der Waals surface area contributed by atoms with Crippen molar-refractivity contribution in [3.8, 4) is 34.4 Å². The quantitative estimate of drug-likeness (QED) is 0.689. The van der Waals surface area contributed by atoms with Gasteiger partial charge in [0, 0.05) is 15.6 Å². The monoisotopic (exact) mass is 380 g/mol. The standard InChI is InChI=1S/C19H10Cl2N4O/c20-13-5-12(6-14(21)7-13)10-1-3-11(4-2-10)17-15(8-22)18(24)25-19(26)16(17)9-23/h1-7H,(H3,24,25,26). The highest BCUT2D eigenvalue weighted by Gasteiger charge is 2.18. The van der Waals surface area contributed by atoms with E-state index in [4.69, 9.17) is 28.9 Å². The number of rotatable bonds is 2. The van der Waals surface area contributed by atoms with Crippen LogP contribution in [0.25, 0.3) is 22.3 Å². The third-order valence-electron chi connectivity index (χ3n) is 3.84. The molecule has 0 saturated carbocycles. The average Bonchev–Trinajstić information content (AvgIpc) is 2.60. The van der Waals surface area contributed by atoms with E-state index in [9.17, 15) is 15.3 Å². The van der Waals surface area contributed by atoms with Crippen molar-refractivity contribution in [2.24, 2.45) is 0 Å². The van der Waals surface area contributed by atoms with E-state index in [2.05, 4.69) is 4.98 Å². The van der Waals surface area contributed by atoms with Crippen molar-refractivity contribution < 1.29 is 0 Å². The Morgan fingerprint density at radius 2 is 1.38 bits per heavy atom. The first-order valence-electron chi connectivity index (χ1n) is 7.37. The zero-order valence-electron chi connectivity index (χ0n) is 13.2. The average molecular weight is 381 g/mol. The predicted molar refractivity (Wildman–Crippen MR) is 102 cm³/mol. The van der Waals surface area contributed by atoms with Crippen molar-refractivity contribution in [1.29, 1.82) is 10.5 Å². The molecule has 126 valence electrons. The van der Waals surface area contributed by atoms with E-state index in [1.807, 2.05) is 12.1 Å². The number of nitrogens with two attached hydrogens (primary N) is 1. The number of nitrogen functional groups attached to an aromatic ring is 1. The maximum Gasteiger partial charge on any atom is 0.268 e. The maximum atomic E-state index is 12.0. The van der Waals surface area contributed by atoms with Crippen molar-refractivity contribution in [2.45, 2.75) is 0 Å². The van der Waals surface area contributed by atoms with Crippen LogP contribution in [0.3, 0.4) is 0 Å². The number of hydrogen-bond acceptors (Lipinski definition) is 4. The van der Waals surface area contributed by atoms with Crippen LogP contribution in [0.1, 0.15) is 11.1 Å². The summed E-state index contributed by atoms with van der Waals surface area (Å²) >= 11 is 12.1. The van der Waals surface area contributed by atoms with E-state index in [0.717, 1.165) is 11.1 Å². The van der Waals surface area contributed by atoms with Gasteiger partial charge in [0.05, 0.1) is 0 Å². The number of halogens is 2. The molecule has 7 heteroatoms. The third-order valence-corrected chi connectivity index (χ3v) is 4.27. The molecule has 26 heavy (non-hydrogen) atoms. The van der Waals surface area contributed by atoms with Gasteiger partial charge in [0.2, 0.25) is 0 Å². The lowest BCUT2D eigenvalue weighted by molar-refractivity contribution is 1.21. The van der Waals surface area contributed by atoms with Gasteiger partial charge in [-0.15, -0.1) is 0 Å². The van der Waals surface area contributed by atoms with Gasteiger partial charge in [0.25, 0.3) is 5.56 Å². The normalized spacial score (nSPS) is 10.2. The number of aromatic nitrogens is 1. The molecule has 0 saturated heterocycles. The largest absolute Gasteiger partial charge is 0.384 e. The first kappa shape index (κ1) is 17.6. The fourth-order valence-corrected chi connectivity index (χ4v) is 3.21. The summed E-state index contributed by atoms with van der Waals surface area (Å²) in [4.78, 5) is 14.3. The third kappa shape index (κ3) is 3.14. The van der Waals surface area contributed by atoms with Crippen LogP contribution in [-0.4, -0.2) is 4.98 Å². The minimum atomic E-state index is -0.635. The summed E-state index contributed by atoms with van der Waals surface area (Å²) in [5.74, 6) is -0.0720. The van der Waals surface area contributed by atoms with E-state index < -0.39 is 5.56 Å². The van der Waals surface area contributed by atoms with Gasteiger partial charge in [-0.05, 0) is 34.9 Å². The molecule has 0 fully saturated rings. The minimum absolute atomic E-state index is 0.0553. The Labute approximate surface area is 158 Å². The van der Waals surface area contributed by atoms with Crippen LogP contribution >= 0.6 is 23.2 Å². The van der Waals surface area contributed by atoms with Crippen LogP contribution in [0.15, 0.2) is 47.3 Å². The van der Waals surface area contributed by atoms with Crippen LogP contribution in [0, 0.1) is 22.7 Å². The molecule has 3 rings (SSSR count). The second-order valence-electron chi connectivity index (χ2n) is 5.45. The van der Waals surface area contributed by atoms with E-state index in [1.54, 1.807) is 42.5 Å². The highest BCUT2D eigenvalue weighted by Crippen LogP contribution is 2.32. The topological polar surface area (TPSA) is 106 Å². The number of anilines is 1. The Morgan fingerprint density at radius 3 is 1.92 bits per heavy atom. The molecule has 2 aromatic carbocycles. The fourth-order valence-electron chi connectivity index (χ4n) is 2.68. The molecule has 0 radical (unpaired) electrons. The predicted octanol–water partition coefficient (Wildman–Crippen LogP) is 4.34. The summed E-state index contributed by atoms with van der Waals surface area (Å²) < 4.78 is 0. The van der Waals surface area contributed by atoms with Crippen LogP contribution in [0.4, 0.5) is 5.82 Å². The van der Waals surface area contributed by atoms with Crippen LogP contribution in [0.5, 0.6) is 0 Å². The second-order valence-corrected chi connectivity index (χ2v) is 6.32. The van der Waals surface area contributed by atoms with Gasteiger partial charge < -0.3 is 10.7 Å². The summed E-state index contributed by atoms with van der Waals surface area (Å²) in [5.41, 5.74) is 7.40. The van der Waals surface area contributed by atoms with E-state index in [-0.39, 0.29) is 22.5 Å². The number of nitrogens with zero attached hydrogens (tertiary/aromatic N) is 2. The maximum absolute atomic E-state index is 12.0. The van der Waals surface area contributed by atoms with Crippen molar-refractivity contribution in [3.05, 3.63) is 74.0 Å². The molecular formula is C19H10Cl2N4O. The number of H-pyrrole nitrogens is 1. The molecule has 3 N–H and O–H groups in total. The zero-order chi connectivity index (χ0) is 18.8. The number of aromatic amines is 1. The van der Waals surface area contributed by atoms with Gasteiger partial charge in [-0.2, -0.15) is 10.5 Å². The van der Waals surface area contributed by atoms with Gasteiger partial charge in [-0.1, -0.05) is 47.5 Å². The SMILES string of the molecule is N#Cc1c(N)[nH]c(=O)c(C#N)c1-c1ccc(-c2cc(Cl)cc(Cl)c2)cc1. The number of hydrogen-bond donors (Lipinski definition) is 2. The first-order chi connectivity index (χ1) is 12.4. The lowest BCUT2D eigenvalue weighted by atomic mass is 9.95. The number of nitriles is 2. The molecule has 0 aliphatic carbocycles. The molecule has 0 aliphatic heterocycles. The summed E-state index contributed by atoms with van der Waals surface area (Å²) in [6, 6.07) is 16.0. The van der Waals surface area contributed by atoms with Crippen molar-refractivity contribution in [3.63, 3.8) is 0 Å². The van der Waals surface area contributed by atoms with Crippen LogP contribution in [0.2, 0.25) is 10.0 Å². The molecule has 1 aromatic heterocycles. The lowest BCUT2D eigenvalue weighted by Crippen LogP contribution is -2.16. The number of benzene rings is 2. The Bertz CT molecular complexity index is 1130. The Balaban J connectivity index is 2.18. The molecule has 1 heterocycles. The van der Waals surface area contributed by atoms with Gasteiger partial charge >= 0.3 is 0 Å². The molecular weight excluding hydrogens is 371 g/mol. The molecule has 0 spiro atoms. The minimum Gasteiger partial charge on any atom is -0.384 e. The zero-order valence-corrected chi connectivity index (χ0v) is 14.7. The summed E-state index contributed by atoms with van der Waals surface area (Å²) in [6.45, 7) is 0. The van der Waals surface area contributed by atoms with Crippen LogP contribution < -0.4 is 11.3 Å². The fraction of sp³-hybridized carbons (Fsp3) is 0. The van der Waals surface area contributed by atoms with E-state index in [1.165, 1.54) is 0 Å². The number of nitrogens with one attached hydrogen (secondary N) is 1. The van der Waals surface area contributed by atoms with Gasteiger partial charge in [-0.25, -0.2) is 0 Å². The molecule has 0 aliphatic rings. The molecule has 3 aromatic rings. The lowest BCUT2D eigenvalue weighted by Gasteiger charge is -2.10. The second kappa shape index (κ2) is 6.93. The highest BCUT2D eigenvalue weighted by atomic mass is 35.5. The molecule has 5 nitrogen and oxygen atoms in total. The molecule has 0 unspecified atom stereocenters. The van der Waals surface area contributed by atoms with Gasteiger partial charge in [-0.3, -0.25) is 4.79 Å². The first-order valence-corrected chi connectivity index (χ1v) is 8.13. The van der Waals surface area contributed by atoms with Crippen LogP contribution in [-0.2, 0) is 0 Å². The van der Waals surface area contributed by atoms with E-state index >= 15 is 0 Å². The Hall–Kier alpha value is -3.25. The summed E-state index contributed by atoms with van der Waals surface area (Å²) in [6.07, 6.45) is 0. The number of pyridine rings is 1. The van der Waals surface area contributed by atoms with E-state index in [0.29, 0.717) is 15.6 Å². The molecule has 0 amide bonds. The van der Waals surface area contributed by atoms with Gasteiger partial charge in [0.1, 0.15) is 29.1 Å². The summed E-state index contributed by atoms with van der Waals surface area (Å²) in [7, 11) is 0. The highest BCUT2D eigenvalue weighted by molar-refractivity contribution is 6.35. The molecule has 0 atom stereocenters.